The summed E-state index contributed by atoms with van der Waals surface area (Å²) in [6, 6.07) is 16.6. The number of anilines is 1. The van der Waals surface area contributed by atoms with E-state index in [0.717, 1.165) is 36.3 Å². The third kappa shape index (κ3) is 5.38. The molecule has 3 heterocycles. The summed E-state index contributed by atoms with van der Waals surface area (Å²) >= 11 is 0. The van der Waals surface area contributed by atoms with Crippen LogP contribution in [0.5, 0.6) is 0 Å². The number of hydrogen-bond donors (Lipinski definition) is 0. The van der Waals surface area contributed by atoms with Gasteiger partial charge in [-0.25, -0.2) is 8.42 Å². The van der Waals surface area contributed by atoms with Gasteiger partial charge in [-0.2, -0.15) is 4.31 Å². The molecule has 8 nitrogen and oxygen atoms in total. The number of piperidine rings is 1. The Hall–Kier alpha value is -3.30. The van der Waals surface area contributed by atoms with E-state index in [9.17, 15) is 13.2 Å². The van der Waals surface area contributed by atoms with E-state index in [0.29, 0.717) is 44.8 Å². The Morgan fingerprint density at radius 2 is 1.46 bits per heavy atom. The van der Waals surface area contributed by atoms with E-state index in [-0.39, 0.29) is 10.8 Å². The van der Waals surface area contributed by atoms with Crippen molar-refractivity contribution in [3.63, 3.8) is 0 Å². The van der Waals surface area contributed by atoms with Crippen molar-refractivity contribution in [1.29, 1.82) is 0 Å². The van der Waals surface area contributed by atoms with E-state index in [4.69, 9.17) is 0 Å². The Bertz CT molecular complexity index is 1360. The topological polar surface area (TPSA) is 86.7 Å². The Kier molecular flexibility index (Phi) is 7.26. The van der Waals surface area contributed by atoms with Crippen molar-refractivity contribution in [3.8, 4) is 11.3 Å². The molecule has 2 aliphatic heterocycles. The monoisotopic (exact) mass is 519 g/mol. The van der Waals surface area contributed by atoms with E-state index in [1.807, 2.05) is 17.0 Å². The van der Waals surface area contributed by atoms with Crippen LogP contribution in [0, 0.1) is 13.8 Å². The maximum Gasteiger partial charge on any atom is 0.253 e. The maximum absolute atomic E-state index is 13.1. The Morgan fingerprint density at radius 1 is 0.757 bits per heavy atom. The van der Waals surface area contributed by atoms with Gasteiger partial charge in [0.2, 0.25) is 10.0 Å². The van der Waals surface area contributed by atoms with Crippen LogP contribution in [-0.2, 0) is 10.0 Å². The number of sulfonamides is 1. The van der Waals surface area contributed by atoms with Gasteiger partial charge in [0.1, 0.15) is 0 Å². The smallest absolute Gasteiger partial charge is 0.253 e. The van der Waals surface area contributed by atoms with E-state index in [1.54, 1.807) is 28.6 Å². The molecule has 194 valence electrons. The number of aromatic nitrogens is 2. The van der Waals surface area contributed by atoms with Crippen LogP contribution < -0.4 is 4.90 Å². The second-order valence-electron chi connectivity index (χ2n) is 9.84. The van der Waals surface area contributed by atoms with E-state index in [2.05, 4.69) is 47.1 Å². The van der Waals surface area contributed by atoms with Crippen LogP contribution in [-0.4, -0.2) is 73.0 Å². The zero-order valence-electron chi connectivity index (χ0n) is 21.4. The van der Waals surface area contributed by atoms with Crippen LogP contribution in [0.1, 0.15) is 40.7 Å². The third-order valence-electron chi connectivity index (χ3n) is 7.40. The highest BCUT2D eigenvalue weighted by molar-refractivity contribution is 7.89. The number of hydrogen-bond acceptors (Lipinski definition) is 6. The molecule has 0 atom stereocenters. The molecule has 0 aliphatic carbocycles. The average molecular weight is 520 g/mol. The molecule has 0 bridgehead atoms. The number of benzene rings is 2. The number of piperazine rings is 1. The summed E-state index contributed by atoms with van der Waals surface area (Å²) in [4.78, 5) is 17.3. The molecule has 9 heteroatoms. The molecule has 3 aromatic rings. The van der Waals surface area contributed by atoms with Gasteiger partial charge in [-0.1, -0.05) is 18.6 Å². The van der Waals surface area contributed by atoms with Crippen molar-refractivity contribution in [1.82, 2.24) is 19.4 Å². The summed E-state index contributed by atoms with van der Waals surface area (Å²) in [5.74, 6) is 0.713. The van der Waals surface area contributed by atoms with Crippen molar-refractivity contribution >= 4 is 21.7 Å². The SMILES string of the molecule is Cc1ccc(-c2ccc(N3CCN(C(=O)c4ccc(S(=O)(=O)N5CCCCC5)cc4)CC3)nn2)cc1C. The molecule has 0 unspecified atom stereocenters. The van der Waals surface area contributed by atoms with E-state index < -0.39 is 10.0 Å². The highest BCUT2D eigenvalue weighted by Crippen LogP contribution is 2.23. The lowest BCUT2D eigenvalue weighted by molar-refractivity contribution is 0.0746. The van der Waals surface area contributed by atoms with Crippen molar-refractivity contribution in [2.45, 2.75) is 38.0 Å². The number of carbonyl (C=O) groups is 1. The summed E-state index contributed by atoms with van der Waals surface area (Å²) in [7, 11) is -3.50. The molecule has 0 radical (unpaired) electrons. The number of rotatable bonds is 5. The lowest BCUT2D eigenvalue weighted by atomic mass is 10.0. The summed E-state index contributed by atoms with van der Waals surface area (Å²) in [6.45, 7) is 7.75. The first-order valence-corrected chi connectivity index (χ1v) is 14.3. The lowest BCUT2D eigenvalue weighted by Gasteiger charge is -2.35. The second kappa shape index (κ2) is 10.6. The van der Waals surface area contributed by atoms with Gasteiger partial charge in [0.15, 0.2) is 5.82 Å². The standard InChI is InChI=1S/C28H33N5O3S/c1-21-6-7-24(20-22(21)2)26-12-13-27(30-29-26)31-16-18-32(19-17-31)28(34)23-8-10-25(11-9-23)37(35,36)33-14-4-3-5-15-33/h6-13,20H,3-5,14-19H2,1-2H3. The van der Waals surface area contributed by atoms with Gasteiger partial charge in [0.05, 0.1) is 10.6 Å². The van der Waals surface area contributed by atoms with E-state index in [1.165, 1.54) is 11.1 Å². The van der Waals surface area contributed by atoms with Crippen LogP contribution in [0.3, 0.4) is 0 Å². The molecule has 2 fully saturated rings. The molecule has 5 rings (SSSR count). The van der Waals surface area contributed by atoms with Crippen molar-refractivity contribution < 1.29 is 13.2 Å². The van der Waals surface area contributed by atoms with Gasteiger partial charge in [-0.05, 0) is 80.3 Å². The minimum Gasteiger partial charge on any atom is -0.352 e. The van der Waals surface area contributed by atoms with Gasteiger partial charge < -0.3 is 9.80 Å². The quantitative estimate of drug-likeness (QED) is 0.508. The summed E-state index contributed by atoms with van der Waals surface area (Å²) in [6.07, 6.45) is 2.85. The van der Waals surface area contributed by atoms with Crippen molar-refractivity contribution in [2.75, 3.05) is 44.2 Å². The maximum atomic E-state index is 13.1. The summed E-state index contributed by atoms with van der Waals surface area (Å²) in [5.41, 5.74) is 4.86. The van der Waals surface area contributed by atoms with Gasteiger partial charge in [0, 0.05) is 50.4 Å². The fourth-order valence-corrected chi connectivity index (χ4v) is 6.41. The fraction of sp³-hybridized carbons (Fsp3) is 0.393. The molecule has 0 N–H and O–H groups in total. The lowest BCUT2D eigenvalue weighted by Crippen LogP contribution is -2.49. The zero-order chi connectivity index (χ0) is 26.0. The predicted molar refractivity (Wildman–Crippen MR) is 144 cm³/mol. The van der Waals surface area contributed by atoms with Gasteiger partial charge >= 0.3 is 0 Å². The Morgan fingerprint density at radius 3 is 2.08 bits per heavy atom. The minimum absolute atomic E-state index is 0.0854. The van der Waals surface area contributed by atoms with Crippen LogP contribution in [0.2, 0.25) is 0 Å². The molecule has 37 heavy (non-hydrogen) atoms. The van der Waals surface area contributed by atoms with Crippen LogP contribution in [0.4, 0.5) is 5.82 Å². The van der Waals surface area contributed by atoms with Gasteiger partial charge in [0.25, 0.3) is 5.91 Å². The number of aryl methyl sites for hydroxylation is 2. The fourth-order valence-electron chi connectivity index (χ4n) is 4.89. The third-order valence-corrected chi connectivity index (χ3v) is 9.31. The molecular weight excluding hydrogens is 486 g/mol. The van der Waals surface area contributed by atoms with Crippen LogP contribution >= 0.6 is 0 Å². The molecule has 1 amide bonds. The molecule has 1 aromatic heterocycles. The molecular formula is C28H33N5O3S. The second-order valence-corrected chi connectivity index (χ2v) is 11.8. The van der Waals surface area contributed by atoms with Crippen molar-refractivity contribution in [2.24, 2.45) is 0 Å². The largest absolute Gasteiger partial charge is 0.352 e. The normalized spacial score (nSPS) is 17.1. The van der Waals surface area contributed by atoms with Gasteiger partial charge in [-0.3, -0.25) is 4.79 Å². The number of nitrogens with zero attached hydrogens (tertiary/aromatic N) is 5. The van der Waals surface area contributed by atoms with Gasteiger partial charge in [-0.15, -0.1) is 10.2 Å². The number of amides is 1. The molecule has 2 aliphatic rings. The first-order valence-electron chi connectivity index (χ1n) is 12.9. The molecule has 0 spiro atoms. The van der Waals surface area contributed by atoms with Crippen LogP contribution in [0.15, 0.2) is 59.5 Å². The number of carbonyl (C=O) groups excluding carboxylic acids is 1. The first kappa shape index (κ1) is 25.4. The van der Waals surface area contributed by atoms with Crippen LogP contribution in [0.25, 0.3) is 11.3 Å². The average Bonchev–Trinajstić information content (AvgIpc) is 2.95. The van der Waals surface area contributed by atoms with E-state index >= 15 is 0 Å². The summed E-state index contributed by atoms with van der Waals surface area (Å²) < 4.78 is 27.3. The molecule has 2 aromatic carbocycles. The Balaban J connectivity index is 1.19. The highest BCUT2D eigenvalue weighted by Gasteiger charge is 2.27. The first-order chi connectivity index (χ1) is 17.8. The Labute approximate surface area is 219 Å². The summed E-state index contributed by atoms with van der Waals surface area (Å²) in [5, 5.41) is 8.88. The van der Waals surface area contributed by atoms with Crippen molar-refractivity contribution in [3.05, 3.63) is 71.3 Å². The molecule has 2 saturated heterocycles. The highest BCUT2D eigenvalue weighted by atomic mass is 32.2. The predicted octanol–water partition coefficient (Wildman–Crippen LogP) is 3.90. The zero-order valence-corrected chi connectivity index (χ0v) is 22.2. The minimum atomic E-state index is -3.50. The molecule has 0 saturated carbocycles.